The van der Waals surface area contributed by atoms with Crippen LogP contribution in [0, 0.1) is 18.3 Å². The van der Waals surface area contributed by atoms with Crippen molar-refractivity contribution in [3.8, 4) is 11.8 Å². The number of anilines is 3. The number of nitrogens with zero attached hydrogens (tertiary/aromatic N) is 3. The molecule has 1 aromatic carbocycles. The lowest BCUT2D eigenvalue weighted by molar-refractivity contribution is 0.416. The van der Waals surface area contributed by atoms with Gasteiger partial charge in [0.25, 0.3) is 0 Å². The molecule has 0 amide bonds. The van der Waals surface area contributed by atoms with Crippen LogP contribution in [-0.2, 0) is 0 Å². The number of hydrogen-bond acceptors (Lipinski definition) is 6. The van der Waals surface area contributed by atoms with Crippen LogP contribution in [0.1, 0.15) is 11.3 Å². The Morgan fingerprint density at radius 1 is 1.40 bits per heavy atom. The molecule has 0 unspecified atom stereocenters. The minimum atomic E-state index is 0.104. The molecule has 0 atom stereocenters. The topological polar surface area (TPSA) is 96.8 Å². The van der Waals surface area contributed by atoms with E-state index in [4.69, 9.17) is 27.3 Å². The van der Waals surface area contributed by atoms with Crippen LogP contribution < -0.4 is 15.8 Å². The number of benzene rings is 1. The quantitative estimate of drug-likeness (QED) is 0.843. The number of halogens is 1. The fraction of sp³-hybridized carbons (Fsp3) is 0.154. The van der Waals surface area contributed by atoms with Crippen molar-refractivity contribution in [2.24, 2.45) is 0 Å². The summed E-state index contributed by atoms with van der Waals surface area (Å²) < 4.78 is 5.23. The second-order valence-corrected chi connectivity index (χ2v) is 4.33. The molecular formula is C13H12ClN5O. The number of aryl methyl sites for hydroxylation is 1. The Labute approximate surface area is 121 Å². The predicted octanol–water partition coefficient (Wildman–Crippen LogP) is 2.64. The predicted molar refractivity (Wildman–Crippen MR) is 77.2 cm³/mol. The summed E-state index contributed by atoms with van der Waals surface area (Å²) >= 11 is 5.82. The third kappa shape index (κ3) is 2.73. The van der Waals surface area contributed by atoms with Crippen molar-refractivity contribution in [3.63, 3.8) is 0 Å². The molecule has 0 saturated heterocycles. The molecule has 0 fully saturated rings. The van der Waals surface area contributed by atoms with Crippen molar-refractivity contribution in [1.29, 1.82) is 5.26 Å². The zero-order chi connectivity index (χ0) is 14.7. The standard InChI is InChI=1S/C13H12ClN5O/c1-7-11(16)12(19-13(14)17-7)18-9-4-3-8(6-15)5-10(9)20-2/h3-5H,16H2,1-2H3,(H,17,18,19). The average molecular weight is 290 g/mol. The number of rotatable bonds is 3. The van der Waals surface area contributed by atoms with Crippen molar-refractivity contribution in [2.75, 3.05) is 18.2 Å². The molecular weight excluding hydrogens is 278 g/mol. The Morgan fingerprint density at radius 2 is 2.15 bits per heavy atom. The highest BCUT2D eigenvalue weighted by atomic mass is 35.5. The van der Waals surface area contributed by atoms with E-state index < -0.39 is 0 Å². The zero-order valence-electron chi connectivity index (χ0n) is 10.9. The number of methoxy groups -OCH3 is 1. The molecule has 1 aromatic heterocycles. The molecule has 3 N–H and O–H groups in total. The first-order valence-electron chi connectivity index (χ1n) is 5.70. The van der Waals surface area contributed by atoms with Crippen LogP contribution in [0.25, 0.3) is 0 Å². The molecule has 0 aliphatic heterocycles. The lowest BCUT2D eigenvalue weighted by Crippen LogP contribution is -2.04. The molecule has 0 aliphatic rings. The van der Waals surface area contributed by atoms with Crippen molar-refractivity contribution in [3.05, 3.63) is 34.7 Å². The maximum absolute atomic E-state index is 8.87. The van der Waals surface area contributed by atoms with Gasteiger partial charge in [0, 0.05) is 6.07 Å². The third-order valence-corrected chi connectivity index (χ3v) is 2.86. The number of nitrogen functional groups attached to an aromatic ring is 1. The second kappa shape index (κ2) is 5.63. The summed E-state index contributed by atoms with van der Waals surface area (Å²) in [7, 11) is 1.52. The molecule has 0 bridgehead atoms. The molecule has 102 valence electrons. The van der Waals surface area contributed by atoms with E-state index in [-0.39, 0.29) is 5.28 Å². The lowest BCUT2D eigenvalue weighted by atomic mass is 10.2. The molecule has 7 heteroatoms. The molecule has 20 heavy (non-hydrogen) atoms. The number of nitrogens with one attached hydrogen (secondary N) is 1. The Kier molecular flexibility index (Phi) is 3.91. The molecule has 1 heterocycles. The fourth-order valence-electron chi connectivity index (χ4n) is 1.63. The molecule has 2 rings (SSSR count). The summed E-state index contributed by atoms with van der Waals surface area (Å²) in [6.07, 6.45) is 0. The van der Waals surface area contributed by atoms with E-state index in [9.17, 15) is 0 Å². The summed E-state index contributed by atoms with van der Waals surface area (Å²) in [5.41, 5.74) is 8.02. The van der Waals surface area contributed by atoms with Gasteiger partial charge in [-0.15, -0.1) is 0 Å². The minimum absolute atomic E-state index is 0.104. The molecule has 0 spiro atoms. The van der Waals surface area contributed by atoms with Gasteiger partial charge in [-0.1, -0.05) is 0 Å². The second-order valence-electron chi connectivity index (χ2n) is 3.99. The van der Waals surface area contributed by atoms with Gasteiger partial charge in [-0.25, -0.2) is 4.98 Å². The largest absolute Gasteiger partial charge is 0.495 e. The smallest absolute Gasteiger partial charge is 0.224 e. The van der Waals surface area contributed by atoms with Crippen LogP contribution in [0.4, 0.5) is 17.2 Å². The zero-order valence-corrected chi connectivity index (χ0v) is 11.7. The van der Waals surface area contributed by atoms with Gasteiger partial charge in [0.05, 0.1) is 35.8 Å². The van der Waals surface area contributed by atoms with E-state index in [0.717, 1.165) is 0 Å². The summed E-state index contributed by atoms with van der Waals surface area (Å²) in [5, 5.41) is 12.0. The van der Waals surface area contributed by atoms with Crippen molar-refractivity contribution < 1.29 is 4.74 Å². The number of nitrogens with two attached hydrogens (primary N) is 1. The highest BCUT2D eigenvalue weighted by Gasteiger charge is 2.11. The average Bonchev–Trinajstić information content (AvgIpc) is 2.44. The number of nitriles is 1. The van der Waals surface area contributed by atoms with Crippen LogP contribution in [0.15, 0.2) is 18.2 Å². The van der Waals surface area contributed by atoms with Gasteiger partial charge < -0.3 is 15.8 Å². The van der Waals surface area contributed by atoms with Crippen LogP contribution >= 0.6 is 11.6 Å². The molecule has 2 aromatic rings. The van der Waals surface area contributed by atoms with Crippen LogP contribution in [0.2, 0.25) is 5.28 Å². The van der Waals surface area contributed by atoms with E-state index in [1.807, 2.05) is 6.07 Å². The number of aromatic nitrogens is 2. The van der Waals surface area contributed by atoms with E-state index >= 15 is 0 Å². The van der Waals surface area contributed by atoms with Gasteiger partial charge in [-0.3, -0.25) is 0 Å². The first-order chi connectivity index (χ1) is 9.55. The summed E-state index contributed by atoms with van der Waals surface area (Å²) in [4.78, 5) is 8.00. The van der Waals surface area contributed by atoms with Gasteiger partial charge in [-0.2, -0.15) is 10.2 Å². The van der Waals surface area contributed by atoms with Crippen LogP contribution in [0.3, 0.4) is 0 Å². The minimum Gasteiger partial charge on any atom is -0.495 e. The van der Waals surface area contributed by atoms with Crippen LogP contribution in [-0.4, -0.2) is 17.1 Å². The van der Waals surface area contributed by atoms with E-state index in [1.165, 1.54) is 7.11 Å². The van der Waals surface area contributed by atoms with Gasteiger partial charge in [0.2, 0.25) is 5.28 Å². The summed E-state index contributed by atoms with van der Waals surface area (Å²) in [6, 6.07) is 7.04. The molecule has 0 radical (unpaired) electrons. The molecule has 0 aliphatic carbocycles. The normalized spacial score (nSPS) is 9.90. The maximum Gasteiger partial charge on any atom is 0.224 e. The SMILES string of the molecule is COc1cc(C#N)ccc1Nc1nc(Cl)nc(C)c1N. The molecule has 0 saturated carbocycles. The monoisotopic (exact) mass is 289 g/mol. The van der Waals surface area contributed by atoms with Crippen molar-refractivity contribution in [2.45, 2.75) is 6.92 Å². The Bertz CT molecular complexity index is 696. The fourth-order valence-corrected chi connectivity index (χ4v) is 1.85. The number of ether oxygens (including phenoxy) is 1. The third-order valence-electron chi connectivity index (χ3n) is 2.69. The first-order valence-corrected chi connectivity index (χ1v) is 6.07. The lowest BCUT2D eigenvalue weighted by Gasteiger charge is -2.13. The van der Waals surface area contributed by atoms with Gasteiger partial charge in [0.15, 0.2) is 5.82 Å². The van der Waals surface area contributed by atoms with Crippen LogP contribution in [0.5, 0.6) is 5.75 Å². The van der Waals surface area contributed by atoms with E-state index in [2.05, 4.69) is 15.3 Å². The van der Waals surface area contributed by atoms with E-state index in [0.29, 0.717) is 34.2 Å². The highest BCUT2D eigenvalue weighted by Crippen LogP contribution is 2.31. The number of hydrogen-bond donors (Lipinski definition) is 2. The molecule has 6 nitrogen and oxygen atoms in total. The van der Waals surface area contributed by atoms with Crippen molar-refractivity contribution in [1.82, 2.24) is 9.97 Å². The Balaban J connectivity index is 2.43. The highest BCUT2D eigenvalue weighted by molar-refractivity contribution is 6.28. The first kappa shape index (κ1) is 13.9. The summed E-state index contributed by atoms with van der Waals surface area (Å²) in [5.74, 6) is 0.904. The van der Waals surface area contributed by atoms with Crippen molar-refractivity contribution >= 4 is 28.8 Å². The maximum atomic E-state index is 8.87. The van der Waals surface area contributed by atoms with E-state index in [1.54, 1.807) is 25.1 Å². The van der Waals surface area contributed by atoms with Gasteiger partial charge in [-0.05, 0) is 30.7 Å². The van der Waals surface area contributed by atoms with Gasteiger partial charge in [0.1, 0.15) is 5.75 Å². The Hall–Kier alpha value is -2.52. The summed E-state index contributed by atoms with van der Waals surface area (Å²) in [6.45, 7) is 1.74. The Morgan fingerprint density at radius 3 is 2.80 bits per heavy atom. The van der Waals surface area contributed by atoms with Gasteiger partial charge >= 0.3 is 0 Å².